The highest BCUT2D eigenvalue weighted by atomic mass is 32.2. The highest BCUT2D eigenvalue weighted by Crippen LogP contribution is 2.42. The number of primary sulfonamides is 1. The summed E-state index contributed by atoms with van der Waals surface area (Å²) in [5.74, 6) is 0. The predicted molar refractivity (Wildman–Crippen MR) is 82.7 cm³/mol. The van der Waals surface area contributed by atoms with Crippen LogP contribution in [0.5, 0.6) is 0 Å². The fourth-order valence-electron chi connectivity index (χ4n) is 3.04. The second kappa shape index (κ2) is 4.53. The summed E-state index contributed by atoms with van der Waals surface area (Å²) in [5.41, 5.74) is 4.15. The van der Waals surface area contributed by atoms with Crippen LogP contribution in [0.3, 0.4) is 0 Å². The molecule has 0 radical (unpaired) electrons. The van der Waals surface area contributed by atoms with Gasteiger partial charge in [0.2, 0.25) is 10.0 Å². The van der Waals surface area contributed by atoms with Crippen LogP contribution in [0.1, 0.15) is 17.2 Å². The zero-order valence-electron chi connectivity index (χ0n) is 11.5. The predicted octanol–water partition coefficient (Wildman–Crippen LogP) is 2.15. The van der Waals surface area contributed by atoms with Crippen molar-refractivity contribution in [1.82, 2.24) is 9.55 Å². The van der Waals surface area contributed by atoms with Crippen molar-refractivity contribution in [2.45, 2.75) is 10.9 Å². The first kappa shape index (κ1) is 13.2. The van der Waals surface area contributed by atoms with Crippen LogP contribution in [0.15, 0.2) is 66.0 Å². The summed E-state index contributed by atoms with van der Waals surface area (Å²) in [6.45, 7) is 0. The molecule has 0 saturated carbocycles. The van der Waals surface area contributed by atoms with E-state index in [4.69, 9.17) is 5.14 Å². The van der Waals surface area contributed by atoms with Gasteiger partial charge in [0.15, 0.2) is 0 Å². The molecule has 5 nitrogen and oxygen atoms in total. The lowest BCUT2D eigenvalue weighted by molar-refractivity contribution is 0.597. The Bertz CT molecular complexity index is 976. The van der Waals surface area contributed by atoms with E-state index in [2.05, 4.69) is 11.1 Å². The minimum atomic E-state index is -3.72. The first-order valence-corrected chi connectivity index (χ1v) is 8.34. The molecule has 0 aliphatic carbocycles. The van der Waals surface area contributed by atoms with Gasteiger partial charge in [0.25, 0.3) is 0 Å². The lowest BCUT2D eigenvalue weighted by Gasteiger charge is -2.16. The molecule has 0 fully saturated rings. The molecule has 1 aromatic heterocycles. The lowest BCUT2D eigenvalue weighted by Crippen LogP contribution is -2.13. The Morgan fingerprint density at radius 2 is 1.91 bits per heavy atom. The van der Waals surface area contributed by atoms with Gasteiger partial charge < -0.3 is 4.57 Å². The van der Waals surface area contributed by atoms with Crippen molar-refractivity contribution in [2.24, 2.45) is 5.14 Å². The Labute approximate surface area is 128 Å². The van der Waals surface area contributed by atoms with Gasteiger partial charge in [-0.05, 0) is 23.3 Å². The van der Waals surface area contributed by atoms with Crippen LogP contribution >= 0.6 is 0 Å². The topological polar surface area (TPSA) is 78.0 Å². The number of hydrogen-bond acceptors (Lipinski definition) is 3. The van der Waals surface area contributed by atoms with Gasteiger partial charge in [-0.2, -0.15) is 0 Å². The highest BCUT2D eigenvalue weighted by molar-refractivity contribution is 7.89. The fraction of sp³-hybridized carbons (Fsp3) is 0.0625. The van der Waals surface area contributed by atoms with Crippen molar-refractivity contribution in [3.8, 4) is 11.3 Å². The lowest BCUT2D eigenvalue weighted by atomic mass is 9.97. The molecule has 0 bridgehead atoms. The van der Waals surface area contributed by atoms with Crippen molar-refractivity contribution in [2.75, 3.05) is 0 Å². The van der Waals surface area contributed by atoms with Crippen LogP contribution in [0.4, 0.5) is 0 Å². The Hall–Kier alpha value is -2.44. The molecule has 4 rings (SSSR count). The third-order valence-corrected chi connectivity index (χ3v) is 4.89. The number of sulfonamides is 1. The molecule has 2 heterocycles. The summed E-state index contributed by atoms with van der Waals surface area (Å²) in [5, 5.41) is 5.25. The second-order valence-electron chi connectivity index (χ2n) is 5.29. The summed E-state index contributed by atoms with van der Waals surface area (Å²) in [4.78, 5) is 4.33. The number of nitrogens with two attached hydrogens (primary N) is 1. The molecule has 0 unspecified atom stereocenters. The zero-order chi connectivity index (χ0) is 15.3. The highest BCUT2D eigenvalue weighted by Gasteiger charge is 2.29. The summed E-state index contributed by atoms with van der Waals surface area (Å²) < 4.78 is 25.2. The number of rotatable bonds is 2. The van der Waals surface area contributed by atoms with E-state index in [1.807, 2.05) is 35.0 Å². The van der Waals surface area contributed by atoms with Gasteiger partial charge in [0.1, 0.15) is 0 Å². The van der Waals surface area contributed by atoms with Gasteiger partial charge in [0.05, 0.1) is 29.2 Å². The maximum atomic E-state index is 11.6. The van der Waals surface area contributed by atoms with Crippen molar-refractivity contribution in [3.63, 3.8) is 0 Å². The third kappa shape index (κ3) is 1.88. The van der Waals surface area contributed by atoms with Crippen molar-refractivity contribution in [1.29, 1.82) is 0 Å². The van der Waals surface area contributed by atoms with Crippen molar-refractivity contribution >= 4 is 10.0 Å². The van der Waals surface area contributed by atoms with E-state index in [-0.39, 0.29) is 10.9 Å². The van der Waals surface area contributed by atoms with Crippen LogP contribution in [0.25, 0.3) is 11.3 Å². The molecule has 0 amide bonds. The standard InChI is InChI=1S/C16H13N3O2S/c17-22(20,21)12-5-3-4-11(8-12)16-14-7-2-1-6-13(14)15-9-18-10-19(15)16/h1-10,16H,(H2,17,20,21)/t16-/m1/s1. The molecule has 2 N–H and O–H groups in total. The maximum absolute atomic E-state index is 11.6. The zero-order valence-corrected chi connectivity index (χ0v) is 12.4. The van der Waals surface area contributed by atoms with Crippen molar-refractivity contribution in [3.05, 3.63) is 72.2 Å². The quantitative estimate of drug-likeness (QED) is 0.616. The van der Waals surface area contributed by atoms with E-state index >= 15 is 0 Å². The van der Waals surface area contributed by atoms with E-state index in [1.54, 1.807) is 18.5 Å². The van der Waals surface area contributed by atoms with Gasteiger partial charge in [-0.1, -0.05) is 36.4 Å². The van der Waals surface area contributed by atoms with E-state index in [1.165, 1.54) is 6.07 Å². The summed E-state index contributed by atoms with van der Waals surface area (Å²) in [6, 6.07) is 14.7. The summed E-state index contributed by atoms with van der Waals surface area (Å²) >= 11 is 0. The molecular weight excluding hydrogens is 298 g/mol. The van der Waals surface area contributed by atoms with Gasteiger partial charge in [0, 0.05) is 5.56 Å². The third-order valence-electron chi connectivity index (χ3n) is 3.98. The molecular formula is C16H13N3O2S. The van der Waals surface area contributed by atoms with Gasteiger partial charge >= 0.3 is 0 Å². The second-order valence-corrected chi connectivity index (χ2v) is 6.85. The number of fused-ring (bicyclic) bond motifs is 3. The molecule has 1 aliphatic rings. The first-order valence-electron chi connectivity index (χ1n) is 6.79. The smallest absolute Gasteiger partial charge is 0.238 e. The Morgan fingerprint density at radius 1 is 1.09 bits per heavy atom. The minimum Gasteiger partial charge on any atom is -0.319 e. The molecule has 0 spiro atoms. The average Bonchev–Trinajstić information content (AvgIpc) is 3.06. The van der Waals surface area contributed by atoms with Crippen LogP contribution in [-0.4, -0.2) is 18.0 Å². The molecule has 1 aliphatic heterocycles. The van der Waals surface area contributed by atoms with E-state index in [0.29, 0.717) is 0 Å². The van der Waals surface area contributed by atoms with Crippen molar-refractivity contribution < 1.29 is 8.42 Å². The van der Waals surface area contributed by atoms with E-state index in [0.717, 1.165) is 22.4 Å². The normalized spacial score (nSPS) is 16.3. The molecule has 6 heteroatoms. The fourth-order valence-corrected chi connectivity index (χ4v) is 3.61. The molecule has 22 heavy (non-hydrogen) atoms. The number of aromatic nitrogens is 2. The first-order chi connectivity index (χ1) is 10.6. The molecule has 1 atom stereocenters. The monoisotopic (exact) mass is 311 g/mol. The Morgan fingerprint density at radius 3 is 2.73 bits per heavy atom. The molecule has 0 saturated heterocycles. The average molecular weight is 311 g/mol. The molecule has 3 aromatic rings. The number of nitrogens with zero attached hydrogens (tertiary/aromatic N) is 2. The molecule has 2 aromatic carbocycles. The van der Waals surface area contributed by atoms with Gasteiger partial charge in [-0.3, -0.25) is 0 Å². The number of imidazole rings is 1. The minimum absolute atomic E-state index is 0.0876. The van der Waals surface area contributed by atoms with Crippen LogP contribution in [-0.2, 0) is 10.0 Å². The SMILES string of the molecule is NS(=O)(=O)c1cccc([C@@H]2c3ccccc3-c3cncn32)c1. The van der Waals surface area contributed by atoms with Crippen LogP contribution in [0, 0.1) is 0 Å². The molecule has 110 valence electrons. The number of benzene rings is 2. The van der Waals surface area contributed by atoms with Gasteiger partial charge in [-0.15, -0.1) is 0 Å². The van der Waals surface area contributed by atoms with Crippen LogP contribution in [0.2, 0.25) is 0 Å². The largest absolute Gasteiger partial charge is 0.319 e. The summed E-state index contributed by atoms with van der Waals surface area (Å²) in [7, 11) is -3.72. The Kier molecular flexibility index (Phi) is 2.72. The number of hydrogen-bond donors (Lipinski definition) is 1. The van der Waals surface area contributed by atoms with E-state index in [9.17, 15) is 8.42 Å². The maximum Gasteiger partial charge on any atom is 0.238 e. The van der Waals surface area contributed by atoms with E-state index < -0.39 is 10.0 Å². The van der Waals surface area contributed by atoms with Crippen LogP contribution < -0.4 is 5.14 Å². The summed E-state index contributed by atoms with van der Waals surface area (Å²) in [6.07, 6.45) is 3.59. The van der Waals surface area contributed by atoms with Gasteiger partial charge in [-0.25, -0.2) is 18.5 Å². The Balaban J connectivity index is 1.95.